The van der Waals surface area contributed by atoms with Crippen LogP contribution in [0.4, 0.5) is 22.1 Å². The van der Waals surface area contributed by atoms with Crippen molar-refractivity contribution in [3.63, 3.8) is 0 Å². The second-order valence-electron chi connectivity index (χ2n) is 6.45. The molecule has 0 aliphatic heterocycles. The average molecular weight is 395 g/mol. The van der Waals surface area contributed by atoms with Crippen molar-refractivity contribution in [2.45, 2.75) is 6.54 Å². The highest BCUT2D eigenvalue weighted by Gasteiger charge is 2.07. The summed E-state index contributed by atoms with van der Waals surface area (Å²) in [7, 11) is 0. The maximum absolute atomic E-state index is 12.2. The highest BCUT2D eigenvalue weighted by atomic mass is 16.2. The van der Waals surface area contributed by atoms with E-state index >= 15 is 0 Å². The van der Waals surface area contributed by atoms with Crippen molar-refractivity contribution in [2.75, 3.05) is 16.0 Å². The molecule has 0 fully saturated rings. The number of urea groups is 1. The molecule has 8 heteroatoms. The van der Waals surface area contributed by atoms with E-state index in [4.69, 9.17) is 5.26 Å². The highest BCUT2D eigenvalue weighted by Crippen LogP contribution is 2.19. The van der Waals surface area contributed by atoms with E-state index < -0.39 is 6.03 Å². The molecule has 8 nitrogen and oxygen atoms in total. The molecule has 0 saturated carbocycles. The van der Waals surface area contributed by atoms with Gasteiger partial charge in [-0.1, -0.05) is 6.07 Å². The molecule has 30 heavy (non-hydrogen) atoms. The van der Waals surface area contributed by atoms with Gasteiger partial charge in [-0.2, -0.15) is 5.26 Å². The third kappa shape index (κ3) is 4.66. The predicted molar refractivity (Wildman–Crippen MR) is 115 cm³/mol. The van der Waals surface area contributed by atoms with Crippen molar-refractivity contribution in [2.24, 2.45) is 0 Å². The van der Waals surface area contributed by atoms with Crippen LogP contribution in [-0.4, -0.2) is 21.0 Å². The molecule has 0 spiro atoms. The number of rotatable bonds is 5. The number of carbonyl (C=O) groups excluding carboxylic acids is 1. The zero-order chi connectivity index (χ0) is 20.8. The van der Waals surface area contributed by atoms with Gasteiger partial charge in [-0.3, -0.25) is 10.3 Å². The Morgan fingerprint density at radius 1 is 1.00 bits per heavy atom. The number of nitriles is 1. The van der Waals surface area contributed by atoms with Crippen LogP contribution in [0.3, 0.4) is 0 Å². The maximum Gasteiger partial charge on any atom is 0.326 e. The number of carbonyl (C=O) groups is 1. The van der Waals surface area contributed by atoms with Gasteiger partial charge in [0.25, 0.3) is 0 Å². The smallest absolute Gasteiger partial charge is 0.326 e. The number of benzene rings is 2. The fourth-order valence-electron chi connectivity index (χ4n) is 2.79. The Morgan fingerprint density at radius 3 is 2.60 bits per heavy atom. The van der Waals surface area contributed by atoms with Crippen molar-refractivity contribution in [3.05, 3.63) is 84.3 Å². The van der Waals surface area contributed by atoms with E-state index in [1.165, 1.54) is 0 Å². The SMILES string of the molecule is N#Cc1ccc(NC(=O)Nc2ncc3ccc(NCc4cccnc4)cc3n2)cc1. The molecule has 3 N–H and O–H groups in total. The topological polar surface area (TPSA) is 116 Å². The van der Waals surface area contributed by atoms with Crippen molar-refractivity contribution in [1.29, 1.82) is 5.26 Å². The van der Waals surface area contributed by atoms with Gasteiger partial charge < -0.3 is 10.6 Å². The van der Waals surface area contributed by atoms with Gasteiger partial charge in [0.2, 0.25) is 5.95 Å². The lowest BCUT2D eigenvalue weighted by Crippen LogP contribution is -2.20. The molecule has 4 rings (SSSR count). The summed E-state index contributed by atoms with van der Waals surface area (Å²) in [6, 6.07) is 17.8. The minimum atomic E-state index is -0.468. The van der Waals surface area contributed by atoms with E-state index in [9.17, 15) is 4.79 Å². The van der Waals surface area contributed by atoms with Gasteiger partial charge in [0, 0.05) is 41.9 Å². The van der Waals surface area contributed by atoms with Crippen molar-refractivity contribution < 1.29 is 4.79 Å². The third-order valence-corrected chi connectivity index (χ3v) is 4.30. The molecule has 2 aromatic heterocycles. The zero-order valence-electron chi connectivity index (χ0n) is 15.8. The Kier molecular flexibility index (Phi) is 5.44. The zero-order valence-corrected chi connectivity index (χ0v) is 15.8. The summed E-state index contributed by atoms with van der Waals surface area (Å²) in [5.74, 6) is 0.193. The van der Waals surface area contributed by atoms with Crippen LogP contribution in [0.5, 0.6) is 0 Å². The van der Waals surface area contributed by atoms with Crippen LogP contribution in [0.25, 0.3) is 10.9 Å². The lowest BCUT2D eigenvalue weighted by molar-refractivity contribution is 0.262. The van der Waals surface area contributed by atoms with Crippen molar-refractivity contribution >= 4 is 34.3 Å². The van der Waals surface area contributed by atoms with E-state index in [-0.39, 0.29) is 5.95 Å². The standard InChI is InChI=1S/C22H17N7O/c23-11-15-3-6-18(7-4-15)27-22(30)29-21-26-14-17-5-8-19(10-20(17)28-21)25-13-16-2-1-9-24-12-16/h1-10,12,14,25H,13H2,(H2,26,27,28,29,30). The minimum Gasteiger partial charge on any atom is -0.381 e. The second-order valence-corrected chi connectivity index (χ2v) is 6.45. The number of fused-ring (bicyclic) bond motifs is 1. The Bertz CT molecular complexity index is 1220. The van der Waals surface area contributed by atoms with E-state index in [1.807, 2.05) is 42.6 Å². The van der Waals surface area contributed by atoms with E-state index in [0.717, 1.165) is 16.6 Å². The van der Waals surface area contributed by atoms with Crippen LogP contribution < -0.4 is 16.0 Å². The van der Waals surface area contributed by atoms with Crippen LogP contribution >= 0.6 is 0 Å². The predicted octanol–water partition coefficient (Wildman–Crippen LogP) is 4.15. The average Bonchev–Trinajstić information content (AvgIpc) is 2.78. The van der Waals surface area contributed by atoms with E-state index in [1.54, 1.807) is 36.7 Å². The molecule has 2 amide bonds. The molecule has 0 radical (unpaired) electrons. The van der Waals surface area contributed by atoms with Crippen molar-refractivity contribution in [3.8, 4) is 6.07 Å². The van der Waals surface area contributed by atoms with E-state index in [2.05, 4.69) is 30.9 Å². The molecule has 0 aliphatic carbocycles. The largest absolute Gasteiger partial charge is 0.381 e. The van der Waals surface area contributed by atoms with Crippen LogP contribution in [0.1, 0.15) is 11.1 Å². The summed E-state index contributed by atoms with van der Waals surface area (Å²) < 4.78 is 0. The summed E-state index contributed by atoms with van der Waals surface area (Å²) in [5.41, 5.74) is 3.76. The fraction of sp³-hybridized carbons (Fsp3) is 0.0455. The number of nitrogens with zero attached hydrogens (tertiary/aromatic N) is 4. The molecule has 0 bridgehead atoms. The summed E-state index contributed by atoms with van der Waals surface area (Å²) in [6.07, 6.45) is 5.21. The number of amides is 2. The first-order chi connectivity index (χ1) is 14.7. The molecule has 0 atom stereocenters. The molecule has 0 aliphatic rings. The maximum atomic E-state index is 12.2. The first kappa shape index (κ1) is 18.8. The lowest BCUT2D eigenvalue weighted by Gasteiger charge is -2.09. The first-order valence-corrected chi connectivity index (χ1v) is 9.17. The minimum absolute atomic E-state index is 0.193. The van der Waals surface area contributed by atoms with Gasteiger partial charge in [0.15, 0.2) is 0 Å². The second kappa shape index (κ2) is 8.67. The Hall–Kier alpha value is -4.51. The Labute approximate surface area is 172 Å². The molecule has 2 heterocycles. The van der Waals surface area contributed by atoms with Crippen LogP contribution in [0, 0.1) is 11.3 Å². The quantitative estimate of drug-likeness (QED) is 0.467. The Balaban J connectivity index is 1.43. The van der Waals surface area contributed by atoms with Gasteiger partial charge in [-0.05, 0) is 54.1 Å². The molecule has 0 unspecified atom stereocenters. The first-order valence-electron chi connectivity index (χ1n) is 9.17. The van der Waals surface area contributed by atoms with Crippen LogP contribution in [0.15, 0.2) is 73.2 Å². The number of anilines is 3. The summed E-state index contributed by atoms with van der Waals surface area (Å²) in [5, 5.41) is 18.3. The summed E-state index contributed by atoms with van der Waals surface area (Å²) in [4.78, 5) is 24.9. The van der Waals surface area contributed by atoms with E-state index in [0.29, 0.717) is 23.3 Å². The third-order valence-electron chi connectivity index (χ3n) is 4.30. The van der Waals surface area contributed by atoms with Crippen LogP contribution in [-0.2, 0) is 6.54 Å². The van der Waals surface area contributed by atoms with Gasteiger partial charge in [-0.25, -0.2) is 14.8 Å². The fourth-order valence-corrected chi connectivity index (χ4v) is 2.79. The monoisotopic (exact) mass is 395 g/mol. The number of aromatic nitrogens is 3. The molecular formula is C22H17N7O. The molecule has 4 aromatic rings. The van der Waals surface area contributed by atoms with Crippen LogP contribution in [0.2, 0.25) is 0 Å². The summed E-state index contributed by atoms with van der Waals surface area (Å²) >= 11 is 0. The van der Waals surface area contributed by atoms with Gasteiger partial charge in [0.05, 0.1) is 17.1 Å². The normalized spacial score (nSPS) is 10.2. The number of nitrogens with one attached hydrogen (secondary N) is 3. The number of hydrogen-bond acceptors (Lipinski definition) is 6. The van der Waals surface area contributed by atoms with Gasteiger partial charge in [-0.15, -0.1) is 0 Å². The molecule has 146 valence electrons. The molecular weight excluding hydrogens is 378 g/mol. The molecule has 0 saturated heterocycles. The lowest BCUT2D eigenvalue weighted by atomic mass is 10.2. The number of hydrogen-bond donors (Lipinski definition) is 3. The molecule has 2 aromatic carbocycles. The van der Waals surface area contributed by atoms with Crippen molar-refractivity contribution in [1.82, 2.24) is 15.0 Å². The highest BCUT2D eigenvalue weighted by molar-refractivity contribution is 5.99. The number of pyridine rings is 1. The Morgan fingerprint density at radius 2 is 1.83 bits per heavy atom. The van der Waals surface area contributed by atoms with Gasteiger partial charge >= 0.3 is 6.03 Å². The summed E-state index contributed by atoms with van der Waals surface area (Å²) in [6.45, 7) is 0.641. The van der Waals surface area contributed by atoms with Gasteiger partial charge in [0.1, 0.15) is 0 Å².